The monoisotopic (exact) mass is 315 g/mol. The lowest BCUT2D eigenvalue weighted by Gasteiger charge is -2.15. The van der Waals surface area contributed by atoms with Crippen molar-refractivity contribution in [2.24, 2.45) is 0 Å². The number of fused-ring (bicyclic) bond motifs is 1. The Morgan fingerprint density at radius 1 is 1.00 bits per heavy atom. The zero-order valence-corrected chi connectivity index (χ0v) is 13.5. The third-order valence-corrected chi connectivity index (χ3v) is 3.66. The third kappa shape index (κ3) is 4.55. The lowest BCUT2D eigenvalue weighted by Crippen LogP contribution is -3.11. The number of hydrogen-bond acceptors (Lipinski definition) is 1. The third-order valence-electron chi connectivity index (χ3n) is 3.66. The Bertz CT molecular complexity index is 635. The molecule has 0 saturated heterocycles. The molecule has 0 aromatic heterocycles. The average Bonchev–Trinajstić information content (AvgIpc) is 2.52. The van der Waals surface area contributed by atoms with Crippen molar-refractivity contribution >= 4 is 16.6 Å². The van der Waals surface area contributed by atoms with Crippen LogP contribution in [0.1, 0.15) is 16.8 Å². The van der Waals surface area contributed by atoms with Crippen LogP contribution in [0.4, 0.5) is 0 Å². The van der Waals surface area contributed by atoms with Gasteiger partial charge in [-0.15, -0.1) is 0 Å². The Kier molecular flexibility index (Phi) is 7.58. The molecule has 0 aliphatic carbocycles. The lowest BCUT2D eigenvalue weighted by molar-refractivity contribution is -0.887. The van der Waals surface area contributed by atoms with Crippen molar-refractivity contribution in [2.45, 2.75) is 6.42 Å². The first-order valence-electron chi connectivity index (χ1n) is 7.32. The predicted molar refractivity (Wildman–Crippen MR) is 88.9 cm³/mol. The summed E-state index contributed by atoms with van der Waals surface area (Å²) in [7, 11) is 0. The summed E-state index contributed by atoms with van der Waals surface area (Å²) in [5, 5.41) is 2.16. The number of carbonyl (C=O) groups excluding carboxylic acids is 1. The Hall–Kier alpha value is -1.90. The Morgan fingerprint density at radius 2 is 1.64 bits per heavy atom. The maximum Gasteiger partial charge on any atom is 0.169 e. The summed E-state index contributed by atoms with van der Waals surface area (Å²) in [5.41, 5.74) is 0.824. The van der Waals surface area contributed by atoms with Crippen LogP contribution in [0.2, 0.25) is 0 Å². The highest BCUT2D eigenvalue weighted by atomic mass is 35.5. The summed E-state index contributed by atoms with van der Waals surface area (Å²) >= 11 is 0. The van der Waals surface area contributed by atoms with Crippen LogP contribution in [0.3, 0.4) is 0 Å². The van der Waals surface area contributed by atoms with Gasteiger partial charge in [-0.05, 0) is 22.9 Å². The number of carbonyl (C=O) groups is 1. The summed E-state index contributed by atoms with van der Waals surface area (Å²) in [5.74, 6) is 0.206. The van der Waals surface area contributed by atoms with Crippen molar-refractivity contribution in [3.63, 3.8) is 0 Å². The van der Waals surface area contributed by atoms with Crippen LogP contribution in [0, 0.1) is 0 Å². The number of Topliss-reactive ketones (excluding diaryl/α,β-unsaturated/α-hetero) is 1. The molecule has 0 unspecified atom stereocenters. The van der Waals surface area contributed by atoms with Crippen LogP contribution in [0.25, 0.3) is 10.8 Å². The molecular formula is C19H22ClNO. The van der Waals surface area contributed by atoms with Crippen LogP contribution in [-0.4, -0.2) is 25.4 Å². The van der Waals surface area contributed by atoms with Gasteiger partial charge in [0.05, 0.1) is 26.1 Å². The molecule has 116 valence electrons. The lowest BCUT2D eigenvalue weighted by atomic mass is 10.00. The van der Waals surface area contributed by atoms with Gasteiger partial charge in [-0.25, -0.2) is 0 Å². The fourth-order valence-corrected chi connectivity index (χ4v) is 2.59. The van der Waals surface area contributed by atoms with Crippen LogP contribution in [0.15, 0.2) is 67.8 Å². The fraction of sp³-hybridized carbons (Fsp3) is 0.211. The highest BCUT2D eigenvalue weighted by Gasteiger charge is 2.13. The van der Waals surface area contributed by atoms with E-state index in [4.69, 9.17) is 0 Å². The Balaban J connectivity index is 0.00000242. The van der Waals surface area contributed by atoms with E-state index in [1.165, 1.54) is 4.90 Å². The molecule has 0 atom stereocenters. The van der Waals surface area contributed by atoms with Crippen molar-refractivity contribution in [3.8, 4) is 0 Å². The number of ketones is 1. The summed E-state index contributed by atoms with van der Waals surface area (Å²) in [4.78, 5) is 13.8. The van der Waals surface area contributed by atoms with Gasteiger partial charge in [0, 0.05) is 5.56 Å². The minimum absolute atomic E-state index is 0. The van der Waals surface area contributed by atoms with E-state index in [0.717, 1.165) is 36.0 Å². The molecule has 0 amide bonds. The van der Waals surface area contributed by atoms with E-state index in [0.29, 0.717) is 6.42 Å². The molecule has 0 radical (unpaired) electrons. The number of nitrogens with one attached hydrogen (secondary N) is 1. The second-order valence-corrected chi connectivity index (χ2v) is 5.19. The number of halogens is 1. The van der Waals surface area contributed by atoms with Gasteiger partial charge >= 0.3 is 0 Å². The minimum Gasteiger partial charge on any atom is -1.00 e. The number of hydrogen-bond donors (Lipinski definition) is 1. The zero-order valence-electron chi connectivity index (χ0n) is 12.7. The molecule has 0 aliphatic rings. The van der Waals surface area contributed by atoms with E-state index in [9.17, 15) is 4.79 Å². The van der Waals surface area contributed by atoms with Crippen molar-refractivity contribution in [1.29, 1.82) is 0 Å². The summed E-state index contributed by atoms with van der Waals surface area (Å²) in [6.45, 7) is 10.1. The average molecular weight is 316 g/mol. The van der Waals surface area contributed by atoms with Gasteiger partial charge in [0.1, 0.15) is 0 Å². The first-order chi connectivity index (χ1) is 10.3. The summed E-state index contributed by atoms with van der Waals surface area (Å²) < 4.78 is 0. The largest absolute Gasteiger partial charge is 1.00 e. The topological polar surface area (TPSA) is 21.5 Å². The van der Waals surface area contributed by atoms with E-state index in [-0.39, 0.29) is 18.2 Å². The normalized spacial score (nSPS) is 10.2. The first kappa shape index (κ1) is 18.1. The molecular weight excluding hydrogens is 294 g/mol. The molecule has 0 bridgehead atoms. The Labute approximate surface area is 138 Å². The van der Waals surface area contributed by atoms with Gasteiger partial charge in [-0.1, -0.05) is 55.6 Å². The van der Waals surface area contributed by atoms with E-state index < -0.39 is 0 Å². The molecule has 2 aromatic rings. The predicted octanol–water partition coefficient (Wildman–Crippen LogP) is -0.326. The van der Waals surface area contributed by atoms with E-state index in [1.807, 2.05) is 54.6 Å². The van der Waals surface area contributed by atoms with Gasteiger partial charge in [-0.2, -0.15) is 0 Å². The van der Waals surface area contributed by atoms with Crippen molar-refractivity contribution in [3.05, 3.63) is 73.3 Å². The zero-order chi connectivity index (χ0) is 15.1. The maximum atomic E-state index is 12.5. The maximum absolute atomic E-state index is 12.5. The molecule has 3 heteroatoms. The van der Waals surface area contributed by atoms with Crippen LogP contribution >= 0.6 is 0 Å². The molecule has 2 nitrogen and oxygen atoms in total. The number of quaternary nitrogens is 1. The van der Waals surface area contributed by atoms with Gasteiger partial charge in [0.15, 0.2) is 5.78 Å². The van der Waals surface area contributed by atoms with Crippen molar-refractivity contribution in [2.75, 3.05) is 19.6 Å². The van der Waals surface area contributed by atoms with E-state index in [1.54, 1.807) is 0 Å². The Morgan fingerprint density at radius 3 is 2.32 bits per heavy atom. The standard InChI is InChI=1S/C19H21NO.ClH/c1-3-13-20(14-4-2)15-12-19(21)18-11-7-9-16-8-5-6-10-17(16)18;/h3-11H,1-2,12-15H2;1H. The minimum atomic E-state index is 0. The molecule has 0 heterocycles. The second kappa shape index (κ2) is 9.19. The number of benzene rings is 2. The van der Waals surface area contributed by atoms with Gasteiger partial charge in [0.2, 0.25) is 0 Å². The SMILES string of the molecule is C=CC[NH+](CC=C)CCC(=O)c1cccc2ccccc12.[Cl-]. The van der Waals surface area contributed by atoms with Gasteiger partial charge < -0.3 is 17.3 Å². The summed E-state index contributed by atoms with van der Waals surface area (Å²) in [6.07, 6.45) is 4.33. The molecule has 0 fully saturated rings. The molecule has 2 aromatic carbocycles. The molecule has 0 spiro atoms. The fourth-order valence-electron chi connectivity index (χ4n) is 2.59. The van der Waals surface area contributed by atoms with Crippen LogP contribution in [0.5, 0.6) is 0 Å². The second-order valence-electron chi connectivity index (χ2n) is 5.19. The van der Waals surface area contributed by atoms with Gasteiger partial charge in [-0.3, -0.25) is 4.79 Å². The number of rotatable bonds is 8. The molecule has 2 rings (SSSR count). The smallest absolute Gasteiger partial charge is 0.169 e. The summed E-state index contributed by atoms with van der Waals surface area (Å²) in [6, 6.07) is 13.9. The van der Waals surface area contributed by atoms with Crippen LogP contribution in [-0.2, 0) is 0 Å². The quantitative estimate of drug-likeness (QED) is 0.523. The molecule has 0 aliphatic heterocycles. The van der Waals surface area contributed by atoms with Crippen molar-refractivity contribution in [1.82, 2.24) is 0 Å². The first-order valence-corrected chi connectivity index (χ1v) is 7.32. The van der Waals surface area contributed by atoms with Crippen molar-refractivity contribution < 1.29 is 22.1 Å². The molecule has 0 saturated carbocycles. The molecule has 1 N–H and O–H groups in total. The van der Waals surface area contributed by atoms with E-state index >= 15 is 0 Å². The highest BCUT2D eigenvalue weighted by Crippen LogP contribution is 2.19. The highest BCUT2D eigenvalue weighted by molar-refractivity contribution is 6.08. The molecule has 22 heavy (non-hydrogen) atoms. The van der Waals surface area contributed by atoms with E-state index in [2.05, 4.69) is 13.2 Å². The van der Waals surface area contributed by atoms with Gasteiger partial charge in [0.25, 0.3) is 0 Å². The van der Waals surface area contributed by atoms with Crippen LogP contribution < -0.4 is 17.3 Å².